The van der Waals surface area contributed by atoms with Crippen molar-refractivity contribution < 1.29 is 9.90 Å². The molecule has 2 rings (SSSR count). The van der Waals surface area contributed by atoms with Gasteiger partial charge in [0, 0.05) is 22.9 Å². The van der Waals surface area contributed by atoms with Crippen LogP contribution in [0.1, 0.15) is 21.6 Å². The van der Waals surface area contributed by atoms with Crippen molar-refractivity contribution in [3.63, 3.8) is 0 Å². The zero-order chi connectivity index (χ0) is 11.2. The molecule has 0 atom stereocenters. The molecule has 0 aliphatic heterocycles. The molecular formula is C11H10ClNO2. The number of carboxylic acid groups (broad SMARTS) is 1. The van der Waals surface area contributed by atoms with Gasteiger partial charge in [0.15, 0.2) is 0 Å². The van der Waals surface area contributed by atoms with Gasteiger partial charge in [-0.3, -0.25) is 4.09 Å². The fourth-order valence-electron chi connectivity index (χ4n) is 1.74. The van der Waals surface area contributed by atoms with Crippen molar-refractivity contribution in [2.24, 2.45) is 0 Å². The SMILES string of the molecule is Cc1c(C)n(Cl)c2c(C(=O)O)cccc12. The summed E-state index contributed by atoms with van der Waals surface area (Å²) in [6, 6.07) is 5.17. The summed E-state index contributed by atoms with van der Waals surface area (Å²) in [5, 5.41) is 9.93. The normalized spacial score (nSPS) is 10.9. The van der Waals surface area contributed by atoms with Gasteiger partial charge in [0.25, 0.3) is 0 Å². The smallest absolute Gasteiger partial charge is 0.337 e. The average Bonchev–Trinajstić information content (AvgIpc) is 2.44. The number of hydrogen-bond acceptors (Lipinski definition) is 1. The molecule has 1 aromatic heterocycles. The molecule has 3 nitrogen and oxygen atoms in total. The summed E-state index contributed by atoms with van der Waals surface area (Å²) >= 11 is 6.05. The molecule has 0 saturated heterocycles. The molecule has 0 aliphatic carbocycles. The number of aryl methyl sites for hydroxylation is 1. The minimum atomic E-state index is -0.958. The average molecular weight is 224 g/mol. The van der Waals surface area contributed by atoms with Crippen LogP contribution in [-0.2, 0) is 0 Å². The van der Waals surface area contributed by atoms with Crippen LogP contribution in [0.3, 0.4) is 0 Å². The molecule has 2 aromatic rings. The maximum absolute atomic E-state index is 11.0. The van der Waals surface area contributed by atoms with Crippen LogP contribution in [0.4, 0.5) is 0 Å². The van der Waals surface area contributed by atoms with Crippen LogP contribution in [-0.4, -0.2) is 15.2 Å². The lowest BCUT2D eigenvalue weighted by molar-refractivity contribution is 0.0699. The predicted octanol–water partition coefficient (Wildman–Crippen LogP) is 2.96. The number of halogens is 1. The maximum Gasteiger partial charge on any atom is 0.337 e. The van der Waals surface area contributed by atoms with Gasteiger partial charge in [0.05, 0.1) is 11.1 Å². The maximum atomic E-state index is 11.0. The lowest BCUT2D eigenvalue weighted by atomic mass is 10.1. The van der Waals surface area contributed by atoms with Gasteiger partial charge in [-0.15, -0.1) is 0 Å². The molecule has 0 unspecified atom stereocenters. The molecule has 0 amide bonds. The van der Waals surface area contributed by atoms with Gasteiger partial charge in [0.2, 0.25) is 0 Å². The van der Waals surface area contributed by atoms with E-state index in [9.17, 15) is 4.79 Å². The van der Waals surface area contributed by atoms with Crippen molar-refractivity contribution >= 4 is 28.6 Å². The zero-order valence-corrected chi connectivity index (χ0v) is 9.17. The first-order valence-corrected chi connectivity index (χ1v) is 4.88. The Balaban J connectivity index is 2.98. The number of rotatable bonds is 1. The topological polar surface area (TPSA) is 42.2 Å². The number of aromatic nitrogens is 1. The molecule has 0 fully saturated rings. The highest BCUT2D eigenvalue weighted by Gasteiger charge is 2.16. The van der Waals surface area contributed by atoms with Crippen molar-refractivity contribution in [3.8, 4) is 0 Å². The summed E-state index contributed by atoms with van der Waals surface area (Å²) in [5.41, 5.74) is 2.70. The third kappa shape index (κ3) is 1.31. The number of benzene rings is 1. The lowest BCUT2D eigenvalue weighted by Gasteiger charge is -1.99. The number of hydrogen-bond donors (Lipinski definition) is 1. The second kappa shape index (κ2) is 3.28. The fraction of sp³-hybridized carbons (Fsp3) is 0.182. The van der Waals surface area contributed by atoms with Crippen molar-refractivity contribution in [3.05, 3.63) is 35.0 Å². The van der Waals surface area contributed by atoms with Gasteiger partial charge >= 0.3 is 5.97 Å². The van der Waals surface area contributed by atoms with E-state index in [0.717, 1.165) is 16.6 Å². The second-order valence-corrected chi connectivity index (χ2v) is 3.84. The van der Waals surface area contributed by atoms with Crippen LogP contribution in [0.5, 0.6) is 0 Å². The summed E-state index contributed by atoms with van der Waals surface area (Å²) in [5.74, 6) is -0.958. The van der Waals surface area contributed by atoms with Gasteiger partial charge in [-0.2, -0.15) is 0 Å². The van der Waals surface area contributed by atoms with E-state index in [-0.39, 0.29) is 5.56 Å². The van der Waals surface area contributed by atoms with E-state index in [1.165, 1.54) is 4.09 Å². The first-order chi connectivity index (χ1) is 7.04. The van der Waals surface area contributed by atoms with E-state index in [1.807, 2.05) is 19.9 Å². The number of aromatic carboxylic acids is 1. The van der Waals surface area contributed by atoms with Crippen LogP contribution in [0.25, 0.3) is 10.9 Å². The molecule has 78 valence electrons. The molecule has 0 bridgehead atoms. The van der Waals surface area contributed by atoms with Gasteiger partial charge in [-0.1, -0.05) is 12.1 Å². The van der Waals surface area contributed by atoms with E-state index in [2.05, 4.69) is 0 Å². The molecule has 15 heavy (non-hydrogen) atoms. The Morgan fingerprint density at radius 1 is 1.40 bits per heavy atom. The van der Waals surface area contributed by atoms with Gasteiger partial charge in [-0.05, 0) is 25.5 Å². The van der Waals surface area contributed by atoms with E-state index < -0.39 is 5.97 Å². The Labute approximate surface area is 92.0 Å². The Morgan fingerprint density at radius 2 is 2.07 bits per heavy atom. The number of nitrogens with zero attached hydrogens (tertiary/aromatic N) is 1. The first-order valence-electron chi connectivity index (χ1n) is 4.54. The van der Waals surface area contributed by atoms with E-state index >= 15 is 0 Å². The Kier molecular flexibility index (Phi) is 2.20. The Bertz CT molecular complexity index is 557. The second-order valence-electron chi connectivity index (χ2n) is 3.50. The summed E-state index contributed by atoms with van der Waals surface area (Å²) in [6.45, 7) is 3.80. The molecule has 1 N–H and O–H groups in total. The highest BCUT2D eigenvalue weighted by molar-refractivity contribution is 6.22. The quantitative estimate of drug-likeness (QED) is 0.808. The van der Waals surface area contributed by atoms with Crippen molar-refractivity contribution in [2.45, 2.75) is 13.8 Å². The van der Waals surface area contributed by atoms with Crippen LogP contribution in [0.2, 0.25) is 0 Å². The monoisotopic (exact) mass is 223 g/mol. The fourth-order valence-corrected chi connectivity index (χ4v) is 2.05. The first kappa shape index (κ1) is 10.1. The highest BCUT2D eigenvalue weighted by Crippen LogP contribution is 2.28. The molecule has 1 heterocycles. The summed E-state index contributed by atoms with van der Waals surface area (Å²) in [6.07, 6.45) is 0. The third-order valence-electron chi connectivity index (χ3n) is 2.70. The third-order valence-corrected chi connectivity index (χ3v) is 3.13. The lowest BCUT2D eigenvalue weighted by Crippen LogP contribution is -1.98. The van der Waals surface area contributed by atoms with Crippen molar-refractivity contribution in [2.75, 3.05) is 0 Å². The number of carboxylic acids is 1. The molecule has 0 aliphatic rings. The number of carbonyl (C=O) groups is 1. The molecule has 0 radical (unpaired) electrons. The van der Waals surface area contributed by atoms with Gasteiger partial charge < -0.3 is 5.11 Å². The van der Waals surface area contributed by atoms with Crippen LogP contribution in [0.15, 0.2) is 18.2 Å². The summed E-state index contributed by atoms with van der Waals surface area (Å²) < 4.78 is 1.41. The van der Waals surface area contributed by atoms with E-state index in [1.54, 1.807) is 12.1 Å². The molecule has 0 spiro atoms. The standard InChI is InChI=1S/C11H10ClNO2/c1-6-7(2)13(12)10-8(6)4-3-5-9(10)11(14)15/h3-5H,1-2H3,(H,14,15). The largest absolute Gasteiger partial charge is 0.478 e. The molecule has 4 heteroatoms. The van der Waals surface area contributed by atoms with Crippen LogP contribution < -0.4 is 0 Å². The highest BCUT2D eigenvalue weighted by atomic mass is 35.5. The molecular weight excluding hydrogens is 214 g/mol. The number of para-hydroxylation sites is 1. The van der Waals surface area contributed by atoms with Crippen LogP contribution >= 0.6 is 11.8 Å². The van der Waals surface area contributed by atoms with E-state index in [4.69, 9.17) is 16.9 Å². The Morgan fingerprint density at radius 3 is 2.67 bits per heavy atom. The van der Waals surface area contributed by atoms with E-state index in [0.29, 0.717) is 5.52 Å². The van der Waals surface area contributed by atoms with Crippen molar-refractivity contribution in [1.82, 2.24) is 4.09 Å². The Hall–Kier alpha value is -1.48. The summed E-state index contributed by atoms with van der Waals surface area (Å²) in [7, 11) is 0. The molecule has 0 saturated carbocycles. The van der Waals surface area contributed by atoms with Gasteiger partial charge in [-0.25, -0.2) is 4.79 Å². The van der Waals surface area contributed by atoms with Crippen LogP contribution in [0, 0.1) is 13.8 Å². The zero-order valence-electron chi connectivity index (χ0n) is 8.41. The summed E-state index contributed by atoms with van der Waals surface area (Å²) in [4.78, 5) is 11.0. The predicted molar refractivity (Wildman–Crippen MR) is 59.6 cm³/mol. The number of fused-ring (bicyclic) bond motifs is 1. The minimum Gasteiger partial charge on any atom is -0.478 e. The van der Waals surface area contributed by atoms with Gasteiger partial charge in [0.1, 0.15) is 0 Å². The van der Waals surface area contributed by atoms with Crippen molar-refractivity contribution in [1.29, 1.82) is 0 Å². The molecule has 1 aromatic carbocycles. The minimum absolute atomic E-state index is 0.235.